The van der Waals surface area contributed by atoms with E-state index in [0.29, 0.717) is 11.4 Å². The fraction of sp³-hybridized carbons (Fsp3) is 0.500. The molecule has 2 N–H and O–H groups in total. The van der Waals surface area contributed by atoms with E-state index in [0.717, 1.165) is 12.8 Å². The molecule has 4 nitrogen and oxygen atoms in total. The molecule has 0 bridgehead atoms. The summed E-state index contributed by atoms with van der Waals surface area (Å²) in [6, 6.07) is 1.96. The lowest BCUT2D eigenvalue weighted by atomic mass is 10.1. The number of carbonyl (C=O) groups is 1. The zero-order valence-electron chi connectivity index (χ0n) is 10.2. The number of hydrogen-bond donors (Lipinski definition) is 2. The second-order valence-electron chi connectivity index (χ2n) is 3.94. The number of pyridine rings is 1. The molecular weight excluding hydrogens is 240 g/mol. The molecule has 0 fully saturated rings. The first-order valence-corrected chi connectivity index (χ1v) is 6.04. The van der Waals surface area contributed by atoms with Gasteiger partial charge in [0, 0.05) is 11.7 Å². The molecule has 0 spiro atoms. The Morgan fingerprint density at radius 3 is 2.59 bits per heavy atom. The maximum Gasteiger partial charge on any atom is 0.340 e. The summed E-state index contributed by atoms with van der Waals surface area (Å²) in [5.74, 6) is -1.06. The van der Waals surface area contributed by atoms with Crippen LogP contribution in [0.3, 0.4) is 0 Å². The molecule has 94 valence electrons. The van der Waals surface area contributed by atoms with Crippen LogP contribution in [0.15, 0.2) is 6.07 Å². The van der Waals surface area contributed by atoms with Crippen LogP contribution in [0.5, 0.6) is 0 Å². The number of carboxylic acid groups (broad SMARTS) is 1. The van der Waals surface area contributed by atoms with E-state index < -0.39 is 5.97 Å². The van der Waals surface area contributed by atoms with Gasteiger partial charge in [-0.2, -0.15) is 0 Å². The minimum absolute atomic E-state index is 0.0333. The number of nitrogens with zero attached hydrogens (tertiary/aromatic N) is 1. The predicted octanol–water partition coefficient (Wildman–Crippen LogP) is 3.34. The number of rotatable bonds is 5. The number of aromatic carboxylic acids is 1. The van der Waals surface area contributed by atoms with Gasteiger partial charge in [-0.3, -0.25) is 0 Å². The van der Waals surface area contributed by atoms with E-state index in [4.69, 9.17) is 16.7 Å². The van der Waals surface area contributed by atoms with E-state index in [2.05, 4.69) is 24.1 Å². The summed E-state index contributed by atoms with van der Waals surface area (Å²) in [5.41, 5.74) is 1.29. The van der Waals surface area contributed by atoms with Crippen LogP contribution in [0, 0.1) is 6.92 Å². The normalized spacial score (nSPS) is 10.6. The molecule has 0 atom stereocenters. The first kappa shape index (κ1) is 13.8. The Bertz CT molecular complexity index is 417. The Morgan fingerprint density at radius 1 is 1.53 bits per heavy atom. The summed E-state index contributed by atoms with van der Waals surface area (Å²) in [6.07, 6.45) is 1.85. The Morgan fingerprint density at radius 2 is 2.12 bits per heavy atom. The smallest absolute Gasteiger partial charge is 0.340 e. The number of aromatic nitrogens is 1. The highest BCUT2D eigenvalue weighted by molar-refractivity contribution is 6.33. The Labute approximate surface area is 106 Å². The van der Waals surface area contributed by atoms with Crippen molar-refractivity contribution in [3.8, 4) is 0 Å². The molecule has 5 heteroatoms. The second-order valence-corrected chi connectivity index (χ2v) is 4.30. The highest BCUT2D eigenvalue weighted by atomic mass is 35.5. The minimum Gasteiger partial charge on any atom is -0.478 e. The molecule has 1 rings (SSSR count). The van der Waals surface area contributed by atoms with Crippen molar-refractivity contribution >= 4 is 23.3 Å². The molecule has 17 heavy (non-hydrogen) atoms. The molecule has 0 aliphatic heterocycles. The predicted molar refractivity (Wildman–Crippen MR) is 68.9 cm³/mol. The molecule has 0 amide bonds. The van der Waals surface area contributed by atoms with Gasteiger partial charge in [0.1, 0.15) is 10.7 Å². The number of aryl methyl sites for hydroxylation is 1. The first-order chi connectivity index (χ1) is 7.99. The number of nitrogens with one attached hydrogen (secondary N) is 1. The number of halogens is 1. The van der Waals surface area contributed by atoms with Crippen LogP contribution in [0.1, 0.15) is 42.7 Å². The van der Waals surface area contributed by atoms with Crippen LogP contribution < -0.4 is 5.32 Å². The zero-order chi connectivity index (χ0) is 13.0. The average molecular weight is 257 g/mol. The standard InChI is InChI=1S/C12H17ClN2O2/c1-4-8(5-2)15-9-6-7(3)14-11(13)10(9)12(16)17/h6,8H,4-5H2,1-3H3,(H,14,15)(H,16,17). The van der Waals surface area contributed by atoms with Crippen molar-refractivity contribution < 1.29 is 9.90 Å². The van der Waals surface area contributed by atoms with E-state index in [-0.39, 0.29) is 16.8 Å². The van der Waals surface area contributed by atoms with Crippen molar-refractivity contribution in [3.05, 3.63) is 22.5 Å². The third-order valence-electron chi connectivity index (χ3n) is 2.66. The molecule has 0 saturated carbocycles. The van der Waals surface area contributed by atoms with Crippen LogP contribution in [0.2, 0.25) is 5.15 Å². The molecule has 1 aromatic rings. The van der Waals surface area contributed by atoms with Gasteiger partial charge < -0.3 is 10.4 Å². The van der Waals surface area contributed by atoms with Crippen LogP contribution >= 0.6 is 11.6 Å². The van der Waals surface area contributed by atoms with E-state index in [1.807, 2.05) is 0 Å². The van der Waals surface area contributed by atoms with Gasteiger partial charge >= 0.3 is 5.97 Å². The van der Waals surface area contributed by atoms with Gasteiger partial charge in [-0.15, -0.1) is 0 Å². The summed E-state index contributed by atoms with van der Waals surface area (Å²) in [5, 5.41) is 12.4. The van der Waals surface area contributed by atoms with Gasteiger partial charge in [-0.1, -0.05) is 25.4 Å². The minimum atomic E-state index is -1.06. The average Bonchev–Trinajstić information content (AvgIpc) is 2.24. The van der Waals surface area contributed by atoms with Gasteiger partial charge in [-0.05, 0) is 25.8 Å². The fourth-order valence-electron chi connectivity index (χ4n) is 1.67. The summed E-state index contributed by atoms with van der Waals surface area (Å²) in [7, 11) is 0. The highest BCUT2D eigenvalue weighted by Crippen LogP contribution is 2.25. The maximum atomic E-state index is 11.1. The van der Waals surface area contributed by atoms with Crippen LogP contribution in [0.25, 0.3) is 0 Å². The Balaban J connectivity index is 3.16. The van der Waals surface area contributed by atoms with Gasteiger partial charge in [0.15, 0.2) is 0 Å². The van der Waals surface area contributed by atoms with Gasteiger partial charge in [0.25, 0.3) is 0 Å². The lowest BCUT2D eigenvalue weighted by Gasteiger charge is -2.18. The van der Waals surface area contributed by atoms with Gasteiger partial charge in [0.2, 0.25) is 0 Å². The molecule has 0 aromatic carbocycles. The van der Waals surface area contributed by atoms with Crippen molar-refractivity contribution in [3.63, 3.8) is 0 Å². The van der Waals surface area contributed by atoms with E-state index >= 15 is 0 Å². The van der Waals surface area contributed by atoms with E-state index in [1.54, 1.807) is 13.0 Å². The SMILES string of the molecule is CCC(CC)Nc1cc(C)nc(Cl)c1C(=O)O. The first-order valence-electron chi connectivity index (χ1n) is 5.66. The molecule has 1 aromatic heterocycles. The topological polar surface area (TPSA) is 62.2 Å². The number of anilines is 1. The molecule has 0 saturated heterocycles. The Kier molecular flexibility index (Phi) is 4.75. The largest absolute Gasteiger partial charge is 0.478 e. The van der Waals surface area contributed by atoms with Crippen LogP contribution in [-0.4, -0.2) is 22.1 Å². The quantitative estimate of drug-likeness (QED) is 0.793. The van der Waals surface area contributed by atoms with Crippen molar-refractivity contribution in [2.24, 2.45) is 0 Å². The van der Waals surface area contributed by atoms with Crippen LogP contribution in [0.4, 0.5) is 5.69 Å². The molecule has 0 unspecified atom stereocenters. The molecular formula is C12H17ClN2O2. The van der Waals surface area contributed by atoms with Gasteiger partial charge in [-0.25, -0.2) is 9.78 Å². The third-order valence-corrected chi connectivity index (χ3v) is 2.94. The summed E-state index contributed by atoms with van der Waals surface area (Å²) >= 11 is 5.87. The molecule has 0 aliphatic carbocycles. The van der Waals surface area contributed by atoms with E-state index in [9.17, 15) is 4.79 Å². The summed E-state index contributed by atoms with van der Waals surface area (Å²) in [6.45, 7) is 5.89. The fourth-order valence-corrected chi connectivity index (χ4v) is 1.98. The summed E-state index contributed by atoms with van der Waals surface area (Å²) in [4.78, 5) is 15.1. The van der Waals surface area contributed by atoms with Crippen molar-refractivity contribution in [2.45, 2.75) is 39.7 Å². The molecule has 0 aliphatic rings. The number of hydrogen-bond acceptors (Lipinski definition) is 3. The van der Waals surface area contributed by atoms with Crippen molar-refractivity contribution in [1.29, 1.82) is 0 Å². The maximum absolute atomic E-state index is 11.1. The molecule has 0 radical (unpaired) electrons. The lowest BCUT2D eigenvalue weighted by Crippen LogP contribution is -2.19. The monoisotopic (exact) mass is 256 g/mol. The zero-order valence-corrected chi connectivity index (χ0v) is 11.0. The summed E-state index contributed by atoms with van der Waals surface area (Å²) < 4.78 is 0. The molecule has 1 heterocycles. The highest BCUT2D eigenvalue weighted by Gasteiger charge is 2.18. The van der Waals surface area contributed by atoms with Crippen molar-refractivity contribution in [1.82, 2.24) is 4.98 Å². The van der Waals surface area contributed by atoms with Gasteiger partial charge in [0.05, 0.1) is 5.69 Å². The Hall–Kier alpha value is -1.29. The van der Waals surface area contributed by atoms with E-state index in [1.165, 1.54) is 0 Å². The second kappa shape index (κ2) is 5.87. The third kappa shape index (κ3) is 3.33. The van der Waals surface area contributed by atoms with Crippen molar-refractivity contribution in [2.75, 3.05) is 5.32 Å². The van der Waals surface area contributed by atoms with Crippen LogP contribution in [-0.2, 0) is 0 Å². The lowest BCUT2D eigenvalue weighted by molar-refractivity contribution is 0.0697. The number of carboxylic acids is 1.